The summed E-state index contributed by atoms with van der Waals surface area (Å²) in [5.41, 5.74) is 1.24. The number of ether oxygens (including phenoxy) is 1. The number of methoxy groups -OCH3 is 1. The Labute approximate surface area is 204 Å². The lowest BCUT2D eigenvalue weighted by Crippen LogP contribution is -2.52. The highest BCUT2D eigenvalue weighted by molar-refractivity contribution is 6.03. The maximum Gasteiger partial charge on any atom is 0.437 e. The van der Waals surface area contributed by atoms with Gasteiger partial charge in [-0.05, 0) is 25.5 Å². The summed E-state index contributed by atoms with van der Waals surface area (Å²) in [6, 6.07) is 0.505. The number of halogens is 3. The molecule has 3 N–H and O–H groups in total. The van der Waals surface area contributed by atoms with Crippen molar-refractivity contribution in [3.8, 4) is 5.75 Å². The molecule has 4 heterocycles. The van der Waals surface area contributed by atoms with Gasteiger partial charge in [-0.25, -0.2) is 9.97 Å². The van der Waals surface area contributed by atoms with Crippen LogP contribution in [-0.4, -0.2) is 62.0 Å². The van der Waals surface area contributed by atoms with Crippen LogP contribution < -0.4 is 20.3 Å². The monoisotopic (exact) mass is 506 g/mol. The van der Waals surface area contributed by atoms with Crippen LogP contribution in [0.5, 0.6) is 5.75 Å². The molecule has 1 amide bonds. The van der Waals surface area contributed by atoms with E-state index in [1.165, 1.54) is 13.0 Å². The van der Waals surface area contributed by atoms with Gasteiger partial charge in [0.05, 0.1) is 31.6 Å². The smallest absolute Gasteiger partial charge is 0.437 e. The molecule has 0 bridgehead atoms. The van der Waals surface area contributed by atoms with Crippen LogP contribution in [0.15, 0.2) is 24.7 Å². The number of pyridine rings is 1. The van der Waals surface area contributed by atoms with Gasteiger partial charge in [0.2, 0.25) is 11.9 Å². The molecule has 1 aliphatic heterocycles. The van der Waals surface area contributed by atoms with Gasteiger partial charge in [-0.2, -0.15) is 23.3 Å². The van der Waals surface area contributed by atoms with Crippen molar-refractivity contribution in [2.45, 2.75) is 45.3 Å². The zero-order valence-corrected chi connectivity index (χ0v) is 20.0. The quantitative estimate of drug-likeness (QED) is 0.441. The first-order chi connectivity index (χ1) is 17.0. The number of aromatic nitrogens is 5. The molecule has 0 unspecified atom stereocenters. The highest BCUT2D eigenvalue weighted by atomic mass is 19.4. The number of aliphatic hydroxyl groups excluding tert-OH is 1. The molecule has 3 aromatic rings. The van der Waals surface area contributed by atoms with Gasteiger partial charge in [0.25, 0.3) is 0 Å². The summed E-state index contributed by atoms with van der Waals surface area (Å²) in [6.45, 7) is 3.80. The van der Waals surface area contributed by atoms with E-state index in [0.717, 1.165) is 18.9 Å². The highest BCUT2D eigenvalue weighted by Gasteiger charge is 2.37. The molecule has 0 aliphatic carbocycles. The second kappa shape index (κ2) is 9.60. The fraction of sp³-hybridized carbons (Fsp3) is 0.409. The number of aryl methyl sites for hydroxylation is 1. The van der Waals surface area contributed by atoms with Gasteiger partial charge in [-0.3, -0.25) is 9.48 Å². The molecule has 0 fully saturated rings. The van der Waals surface area contributed by atoms with Crippen molar-refractivity contribution in [2.24, 2.45) is 0 Å². The molecule has 36 heavy (non-hydrogen) atoms. The molecule has 14 heteroatoms. The van der Waals surface area contributed by atoms with Crippen molar-refractivity contribution < 1.29 is 27.8 Å². The van der Waals surface area contributed by atoms with E-state index in [4.69, 9.17) is 4.74 Å². The number of nitrogens with zero attached hydrogens (tertiary/aromatic N) is 6. The van der Waals surface area contributed by atoms with Gasteiger partial charge < -0.3 is 25.4 Å². The number of fused-ring (bicyclic) bond motifs is 1. The molecule has 0 aromatic carbocycles. The number of alkyl halides is 3. The Kier molecular flexibility index (Phi) is 6.71. The molecule has 0 saturated carbocycles. The molecule has 2 atom stereocenters. The van der Waals surface area contributed by atoms with E-state index in [1.54, 1.807) is 35.9 Å². The Morgan fingerprint density at radius 2 is 2.03 bits per heavy atom. The van der Waals surface area contributed by atoms with Gasteiger partial charge in [-0.15, -0.1) is 0 Å². The average Bonchev–Trinajstić information content (AvgIpc) is 3.24. The molecular formula is C22H25F3N8O3. The predicted molar refractivity (Wildman–Crippen MR) is 124 cm³/mol. The summed E-state index contributed by atoms with van der Waals surface area (Å²) in [4.78, 5) is 26.3. The standard InChI is InChI=1S/C22H25F3N8O3/c1-11-16-19(32(3)17(12(2)34)20(35)30-16)31-21(29-11)27-7-14-8-28-33(10-14)9-13-5-15(36-4)18(26-6-13)22(23,24)25/h5-6,8,10,12,17,34H,7,9H2,1-4H3,(H,30,35)(H,27,29,31)/t12-,17+/m1/s1. The fourth-order valence-electron chi connectivity index (χ4n) is 3.98. The van der Waals surface area contributed by atoms with E-state index >= 15 is 0 Å². The minimum Gasteiger partial charge on any atom is -0.494 e. The lowest BCUT2D eigenvalue weighted by molar-refractivity contribution is -0.142. The van der Waals surface area contributed by atoms with Crippen molar-refractivity contribution in [1.82, 2.24) is 24.7 Å². The lowest BCUT2D eigenvalue weighted by atomic mass is 10.1. The van der Waals surface area contributed by atoms with Crippen LogP contribution in [0.25, 0.3) is 0 Å². The SMILES string of the molecule is COc1cc(Cn2cc(CNc3nc(C)c4c(n3)N(C)[C@@H]([C@@H](C)O)C(=O)N4)cn2)cnc1C(F)(F)F. The Bertz CT molecular complexity index is 1280. The summed E-state index contributed by atoms with van der Waals surface area (Å²) in [5.74, 6) is 0.117. The second-order valence-electron chi connectivity index (χ2n) is 8.41. The van der Waals surface area contributed by atoms with Crippen LogP contribution in [0.2, 0.25) is 0 Å². The third-order valence-corrected chi connectivity index (χ3v) is 5.68. The van der Waals surface area contributed by atoms with Crippen molar-refractivity contribution in [3.05, 3.63) is 47.2 Å². The summed E-state index contributed by atoms with van der Waals surface area (Å²) < 4.78 is 45.5. The first kappa shape index (κ1) is 25.2. The Hall–Kier alpha value is -3.94. The zero-order valence-electron chi connectivity index (χ0n) is 20.0. The molecule has 0 spiro atoms. The third-order valence-electron chi connectivity index (χ3n) is 5.68. The molecule has 11 nitrogen and oxygen atoms in total. The largest absolute Gasteiger partial charge is 0.494 e. The Morgan fingerprint density at radius 1 is 1.28 bits per heavy atom. The molecule has 192 valence electrons. The van der Waals surface area contributed by atoms with Gasteiger partial charge in [0, 0.05) is 31.5 Å². The van der Waals surface area contributed by atoms with Crippen molar-refractivity contribution >= 4 is 23.4 Å². The van der Waals surface area contributed by atoms with E-state index < -0.39 is 24.0 Å². The number of aliphatic hydroxyl groups is 1. The minimum atomic E-state index is -4.61. The zero-order chi connectivity index (χ0) is 26.2. The van der Waals surface area contributed by atoms with Gasteiger partial charge >= 0.3 is 6.18 Å². The van der Waals surface area contributed by atoms with Crippen molar-refractivity contribution in [3.63, 3.8) is 0 Å². The highest BCUT2D eigenvalue weighted by Crippen LogP contribution is 2.35. The van der Waals surface area contributed by atoms with Crippen LogP contribution in [0.4, 0.5) is 30.6 Å². The van der Waals surface area contributed by atoms with Crippen LogP contribution in [0.1, 0.15) is 29.4 Å². The number of amides is 1. The lowest BCUT2D eigenvalue weighted by Gasteiger charge is -2.36. The maximum absolute atomic E-state index is 13.0. The van der Waals surface area contributed by atoms with Crippen molar-refractivity contribution in [1.29, 1.82) is 0 Å². The van der Waals surface area contributed by atoms with Gasteiger partial charge in [0.15, 0.2) is 11.5 Å². The number of carbonyl (C=O) groups excluding carboxylic acids is 1. The minimum absolute atomic E-state index is 0.196. The van der Waals surface area contributed by atoms with E-state index in [-0.39, 0.29) is 18.2 Å². The van der Waals surface area contributed by atoms with E-state index in [9.17, 15) is 23.1 Å². The summed E-state index contributed by atoms with van der Waals surface area (Å²) in [6.07, 6.45) is -1.02. The topological polar surface area (TPSA) is 130 Å². The molecule has 3 aromatic heterocycles. The molecule has 1 aliphatic rings. The van der Waals surface area contributed by atoms with Crippen LogP contribution >= 0.6 is 0 Å². The summed E-state index contributed by atoms with van der Waals surface area (Å²) in [7, 11) is 2.84. The average molecular weight is 506 g/mol. The number of hydrogen-bond acceptors (Lipinski definition) is 9. The third kappa shape index (κ3) is 5.03. The van der Waals surface area contributed by atoms with Crippen molar-refractivity contribution in [2.75, 3.05) is 29.7 Å². The molecule has 0 saturated heterocycles. The molecule has 0 radical (unpaired) electrons. The Balaban J connectivity index is 1.45. The fourth-order valence-corrected chi connectivity index (χ4v) is 3.98. The molecular weight excluding hydrogens is 481 g/mol. The predicted octanol–water partition coefficient (Wildman–Crippen LogP) is 2.20. The number of likely N-dealkylation sites (N-methyl/N-ethyl adjacent to an activating group) is 1. The number of anilines is 3. The number of rotatable bonds is 7. The number of hydrogen-bond donors (Lipinski definition) is 3. The summed E-state index contributed by atoms with van der Waals surface area (Å²) >= 11 is 0. The van der Waals surface area contributed by atoms with E-state index in [1.807, 2.05) is 0 Å². The van der Waals surface area contributed by atoms with E-state index in [2.05, 4.69) is 30.7 Å². The first-order valence-electron chi connectivity index (χ1n) is 10.9. The first-order valence-corrected chi connectivity index (χ1v) is 10.9. The number of carbonyl (C=O) groups is 1. The normalized spacial score (nSPS) is 16.4. The van der Waals surface area contributed by atoms with Crippen LogP contribution in [0, 0.1) is 6.92 Å². The second-order valence-corrected chi connectivity index (χ2v) is 8.41. The molecule has 4 rings (SSSR count). The van der Waals surface area contributed by atoms with Crippen LogP contribution in [0.3, 0.4) is 0 Å². The van der Waals surface area contributed by atoms with Gasteiger partial charge in [0.1, 0.15) is 17.5 Å². The van der Waals surface area contributed by atoms with Gasteiger partial charge in [-0.1, -0.05) is 0 Å². The number of nitrogens with one attached hydrogen (secondary N) is 2. The maximum atomic E-state index is 13.0. The van der Waals surface area contributed by atoms with E-state index in [0.29, 0.717) is 35.3 Å². The Morgan fingerprint density at radius 3 is 2.69 bits per heavy atom. The summed E-state index contributed by atoms with van der Waals surface area (Å²) in [5, 5.41) is 20.1. The van der Waals surface area contributed by atoms with Crippen LogP contribution in [-0.2, 0) is 24.1 Å².